The molecule has 3 atom stereocenters. The number of hydrogen-bond acceptors (Lipinski definition) is 2. The van der Waals surface area contributed by atoms with Crippen LogP contribution in [0.4, 0.5) is 0 Å². The van der Waals surface area contributed by atoms with Gasteiger partial charge in [0.2, 0.25) is 0 Å². The minimum absolute atomic E-state index is 0.595. The molecule has 3 unspecified atom stereocenters. The van der Waals surface area contributed by atoms with Crippen molar-refractivity contribution in [3.63, 3.8) is 0 Å². The number of fused-ring (bicyclic) bond motifs is 1. The van der Waals surface area contributed by atoms with Gasteiger partial charge in [-0.05, 0) is 57.1 Å². The van der Waals surface area contributed by atoms with Gasteiger partial charge in [0.25, 0.3) is 0 Å². The lowest BCUT2D eigenvalue weighted by Gasteiger charge is -2.34. The summed E-state index contributed by atoms with van der Waals surface area (Å²) < 4.78 is 0. The van der Waals surface area contributed by atoms with Crippen LogP contribution in [0.2, 0.25) is 0 Å². The Morgan fingerprint density at radius 1 is 1.00 bits per heavy atom. The molecular formula is C19H28N2. The third-order valence-corrected chi connectivity index (χ3v) is 5.78. The summed E-state index contributed by atoms with van der Waals surface area (Å²) in [6, 6.07) is 11.4. The molecule has 0 bridgehead atoms. The van der Waals surface area contributed by atoms with Crippen LogP contribution < -0.4 is 5.32 Å². The van der Waals surface area contributed by atoms with E-state index >= 15 is 0 Å². The first-order valence-corrected chi connectivity index (χ1v) is 8.88. The highest BCUT2D eigenvalue weighted by atomic mass is 15.2. The van der Waals surface area contributed by atoms with Crippen LogP contribution in [0.5, 0.6) is 0 Å². The monoisotopic (exact) mass is 284 g/mol. The summed E-state index contributed by atoms with van der Waals surface area (Å²) in [5, 5.41) is 4.07. The third-order valence-electron chi connectivity index (χ3n) is 5.78. The first kappa shape index (κ1) is 13.8. The molecule has 1 N–H and O–H groups in total. The fraction of sp³-hybridized carbons (Fsp3) is 0.684. The second kappa shape index (κ2) is 5.73. The molecule has 1 aromatic rings. The van der Waals surface area contributed by atoms with E-state index in [2.05, 4.69) is 41.4 Å². The van der Waals surface area contributed by atoms with Crippen LogP contribution in [0.1, 0.15) is 55.7 Å². The van der Waals surface area contributed by atoms with Crippen LogP contribution in [-0.2, 0) is 0 Å². The molecule has 0 amide bonds. The summed E-state index contributed by atoms with van der Waals surface area (Å²) >= 11 is 0. The molecule has 0 radical (unpaired) electrons. The molecule has 1 aliphatic carbocycles. The van der Waals surface area contributed by atoms with Gasteiger partial charge in [-0.2, -0.15) is 0 Å². The van der Waals surface area contributed by atoms with Gasteiger partial charge in [-0.3, -0.25) is 4.90 Å². The highest BCUT2D eigenvalue weighted by molar-refractivity contribution is 5.26. The van der Waals surface area contributed by atoms with E-state index in [0.29, 0.717) is 6.04 Å². The van der Waals surface area contributed by atoms with Crippen molar-refractivity contribution in [1.29, 1.82) is 0 Å². The van der Waals surface area contributed by atoms with Gasteiger partial charge >= 0.3 is 0 Å². The lowest BCUT2D eigenvalue weighted by atomic mass is 9.95. The van der Waals surface area contributed by atoms with E-state index < -0.39 is 0 Å². The molecule has 2 heterocycles. The number of nitrogens with zero attached hydrogens (tertiary/aromatic N) is 1. The molecule has 1 saturated carbocycles. The van der Waals surface area contributed by atoms with E-state index in [1.807, 2.05) is 0 Å². The number of piperidine rings is 1. The maximum absolute atomic E-state index is 4.07. The lowest BCUT2D eigenvalue weighted by molar-refractivity contribution is 0.175. The first-order chi connectivity index (χ1) is 10.3. The van der Waals surface area contributed by atoms with Gasteiger partial charge in [0, 0.05) is 24.7 Å². The van der Waals surface area contributed by atoms with Crippen LogP contribution >= 0.6 is 0 Å². The van der Waals surface area contributed by atoms with Crippen LogP contribution in [-0.4, -0.2) is 30.1 Å². The Morgan fingerprint density at radius 2 is 1.81 bits per heavy atom. The lowest BCUT2D eigenvalue weighted by Crippen LogP contribution is -2.46. The Balaban J connectivity index is 1.49. The number of aryl methyl sites for hydroxylation is 1. The molecule has 2 aliphatic heterocycles. The fourth-order valence-electron chi connectivity index (χ4n) is 4.38. The quantitative estimate of drug-likeness (QED) is 0.907. The molecule has 21 heavy (non-hydrogen) atoms. The minimum Gasteiger partial charge on any atom is -0.305 e. The maximum atomic E-state index is 4.07. The second-order valence-electron chi connectivity index (χ2n) is 7.39. The Kier molecular flexibility index (Phi) is 3.76. The van der Waals surface area contributed by atoms with Gasteiger partial charge in [-0.1, -0.05) is 36.2 Å². The molecule has 0 spiro atoms. The standard InChI is InChI=1S/C19H28N2/c1-14-5-7-15(8-6-14)19(16-9-10-16)20-17-11-13-21-12-3-2-4-18(17)21/h5-8,16-20H,2-4,9-13H2,1H3. The normalized spacial score (nSPS) is 31.1. The smallest absolute Gasteiger partial charge is 0.0351 e. The van der Waals surface area contributed by atoms with E-state index in [4.69, 9.17) is 0 Å². The van der Waals surface area contributed by atoms with Crippen molar-refractivity contribution in [2.24, 2.45) is 5.92 Å². The van der Waals surface area contributed by atoms with Crippen molar-refractivity contribution < 1.29 is 0 Å². The van der Waals surface area contributed by atoms with Gasteiger partial charge in [0.15, 0.2) is 0 Å². The zero-order chi connectivity index (χ0) is 14.2. The summed E-state index contributed by atoms with van der Waals surface area (Å²) in [6.07, 6.45) is 8.41. The SMILES string of the molecule is Cc1ccc(C(NC2CCN3CCCCC23)C2CC2)cc1. The van der Waals surface area contributed by atoms with Gasteiger partial charge in [0.05, 0.1) is 0 Å². The van der Waals surface area contributed by atoms with Gasteiger partial charge in [-0.15, -0.1) is 0 Å². The van der Waals surface area contributed by atoms with E-state index in [1.54, 1.807) is 0 Å². The molecule has 114 valence electrons. The van der Waals surface area contributed by atoms with Crippen molar-refractivity contribution in [3.8, 4) is 0 Å². The average molecular weight is 284 g/mol. The zero-order valence-electron chi connectivity index (χ0n) is 13.2. The Hall–Kier alpha value is -0.860. The molecule has 0 aromatic heterocycles. The van der Waals surface area contributed by atoms with Gasteiger partial charge in [-0.25, -0.2) is 0 Å². The largest absolute Gasteiger partial charge is 0.305 e. The first-order valence-electron chi connectivity index (χ1n) is 8.88. The number of rotatable bonds is 4. The fourth-order valence-corrected chi connectivity index (χ4v) is 4.38. The molecule has 2 heteroatoms. The average Bonchev–Trinajstić information content (AvgIpc) is 3.27. The Morgan fingerprint density at radius 3 is 2.57 bits per heavy atom. The zero-order valence-corrected chi connectivity index (χ0v) is 13.2. The van der Waals surface area contributed by atoms with Crippen molar-refractivity contribution in [1.82, 2.24) is 10.2 Å². The predicted octanol–water partition coefficient (Wildman–Crippen LogP) is 3.66. The molecule has 2 saturated heterocycles. The molecule has 1 aromatic carbocycles. The van der Waals surface area contributed by atoms with E-state index in [1.165, 1.54) is 62.7 Å². The van der Waals surface area contributed by atoms with Crippen molar-refractivity contribution in [2.45, 2.75) is 63.6 Å². The van der Waals surface area contributed by atoms with Crippen LogP contribution in [0.3, 0.4) is 0 Å². The van der Waals surface area contributed by atoms with E-state index in [-0.39, 0.29) is 0 Å². The molecule has 4 rings (SSSR count). The Labute approximate surface area is 128 Å². The molecule has 2 nitrogen and oxygen atoms in total. The van der Waals surface area contributed by atoms with Crippen LogP contribution in [0.25, 0.3) is 0 Å². The van der Waals surface area contributed by atoms with Crippen molar-refractivity contribution >= 4 is 0 Å². The summed E-state index contributed by atoms with van der Waals surface area (Å²) in [7, 11) is 0. The molecule has 3 aliphatic rings. The number of nitrogens with one attached hydrogen (secondary N) is 1. The second-order valence-corrected chi connectivity index (χ2v) is 7.39. The summed E-state index contributed by atoms with van der Waals surface area (Å²) in [4.78, 5) is 2.74. The topological polar surface area (TPSA) is 15.3 Å². The van der Waals surface area contributed by atoms with Gasteiger partial charge in [0.1, 0.15) is 0 Å². The minimum atomic E-state index is 0.595. The summed E-state index contributed by atoms with van der Waals surface area (Å²) in [6.45, 7) is 4.83. The van der Waals surface area contributed by atoms with Gasteiger partial charge < -0.3 is 5.32 Å². The van der Waals surface area contributed by atoms with E-state index in [0.717, 1.165) is 18.0 Å². The van der Waals surface area contributed by atoms with Crippen molar-refractivity contribution in [3.05, 3.63) is 35.4 Å². The van der Waals surface area contributed by atoms with Crippen LogP contribution in [0.15, 0.2) is 24.3 Å². The highest BCUT2D eigenvalue weighted by Gasteiger charge is 2.39. The maximum Gasteiger partial charge on any atom is 0.0351 e. The van der Waals surface area contributed by atoms with Crippen molar-refractivity contribution in [2.75, 3.05) is 13.1 Å². The molecular weight excluding hydrogens is 256 g/mol. The number of hydrogen-bond donors (Lipinski definition) is 1. The third kappa shape index (κ3) is 2.89. The molecule has 3 fully saturated rings. The summed E-state index contributed by atoms with van der Waals surface area (Å²) in [5.74, 6) is 0.880. The number of benzene rings is 1. The Bertz CT molecular complexity index is 477. The highest BCUT2D eigenvalue weighted by Crippen LogP contribution is 2.42. The summed E-state index contributed by atoms with van der Waals surface area (Å²) in [5.41, 5.74) is 2.88. The predicted molar refractivity (Wildman–Crippen MR) is 87.4 cm³/mol. The van der Waals surface area contributed by atoms with E-state index in [9.17, 15) is 0 Å². The van der Waals surface area contributed by atoms with Crippen LogP contribution in [0, 0.1) is 12.8 Å².